The topological polar surface area (TPSA) is 92.7 Å². The number of nitrogens with one attached hydrogen (secondary N) is 1. The zero-order valence-corrected chi connectivity index (χ0v) is 14.4. The molecule has 2 amide bonds. The maximum absolute atomic E-state index is 11.5. The molecule has 6 nitrogen and oxygen atoms in total. The van der Waals surface area contributed by atoms with Crippen molar-refractivity contribution >= 4 is 35.0 Å². The summed E-state index contributed by atoms with van der Waals surface area (Å²) in [6.07, 6.45) is 4.85. The van der Waals surface area contributed by atoms with Crippen molar-refractivity contribution in [2.75, 3.05) is 6.61 Å². The SMILES string of the molecule is O=C1NC(=O)C(=Cc2ccc(OCC3CCC(C(=O)O)CC3)cc2)S1. The number of thioether (sulfide) groups is 1. The van der Waals surface area contributed by atoms with Crippen molar-refractivity contribution in [3.8, 4) is 5.75 Å². The summed E-state index contributed by atoms with van der Waals surface area (Å²) in [6, 6.07) is 7.32. The quantitative estimate of drug-likeness (QED) is 0.782. The van der Waals surface area contributed by atoms with E-state index < -0.39 is 5.97 Å². The van der Waals surface area contributed by atoms with E-state index in [-0.39, 0.29) is 17.1 Å². The summed E-state index contributed by atoms with van der Waals surface area (Å²) in [7, 11) is 0. The van der Waals surface area contributed by atoms with Gasteiger partial charge < -0.3 is 9.84 Å². The molecule has 132 valence electrons. The molecule has 0 spiro atoms. The lowest BCUT2D eigenvalue weighted by Crippen LogP contribution is -2.24. The summed E-state index contributed by atoms with van der Waals surface area (Å²) in [5.41, 5.74) is 0.821. The zero-order valence-electron chi connectivity index (χ0n) is 13.6. The van der Waals surface area contributed by atoms with Crippen LogP contribution in [0.1, 0.15) is 31.2 Å². The van der Waals surface area contributed by atoms with E-state index in [1.165, 1.54) is 0 Å². The summed E-state index contributed by atoms with van der Waals surface area (Å²) in [4.78, 5) is 34.0. The van der Waals surface area contributed by atoms with Crippen LogP contribution in [0.15, 0.2) is 29.2 Å². The molecular weight excluding hydrogens is 342 g/mol. The number of carbonyl (C=O) groups excluding carboxylic acids is 2. The van der Waals surface area contributed by atoms with Crippen molar-refractivity contribution in [2.24, 2.45) is 11.8 Å². The summed E-state index contributed by atoms with van der Waals surface area (Å²) in [6.45, 7) is 0.583. The molecule has 2 aliphatic rings. The van der Waals surface area contributed by atoms with Crippen LogP contribution < -0.4 is 10.1 Å². The van der Waals surface area contributed by atoms with Gasteiger partial charge in [-0.2, -0.15) is 0 Å². The lowest BCUT2D eigenvalue weighted by molar-refractivity contribution is -0.143. The predicted molar refractivity (Wildman–Crippen MR) is 94.1 cm³/mol. The van der Waals surface area contributed by atoms with Gasteiger partial charge in [-0.05, 0) is 67.1 Å². The lowest BCUT2D eigenvalue weighted by Gasteiger charge is -2.25. The normalized spacial score (nSPS) is 25.0. The number of hydrogen-bond donors (Lipinski definition) is 2. The van der Waals surface area contributed by atoms with Crippen molar-refractivity contribution in [3.63, 3.8) is 0 Å². The van der Waals surface area contributed by atoms with Gasteiger partial charge in [0.2, 0.25) is 0 Å². The van der Waals surface area contributed by atoms with Gasteiger partial charge in [-0.1, -0.05) is 12.1 Å². The third-order valence-electron chi connectivity index (χ3n) is 4.50. The molecule has 2 fully saturated rings. The van der Waals surface area contributed by atoms with Crippen LogP contribution in [0.2, 0.25) is 0 Å². The van der Waals surface area contributed by atoms with Gasteiger partial charge in [0.1, 0.15) is 5.75 Å². The molecule has 1 aliphatic carbocycles. The molecule has 0 bridgehead atoms. The van der Waals surface area contributed by atoms with Crippen molar-refractivity contribution in [3.05, 3.63) is 34.7 Å². The monoisotopic (exact) mass is 361 g/mol. The van der Waals surface area contributed by atoms with Gasteiger partial charge >= 0.3 is 5.97 Å². The maximum Gasteiger partial charge on any atom is 0.306 e. The first-order chi connectivity index (χ1) is 12.0. The molecule has 1 aromatic rings. The summed E-state index contributed by atoms with van der Waals surface area (Å²) in [5.74, 6) is -0.141. The highest BCUT2D eigenvalue weighted by molar-refractivity contribution is 8.18. The van der Waals surface area contributed by atoms with Crippen molar-refractivity contribution in [1.82, 2.24) is 5.32 Å². The molecule has 25 heavy (non-hydrogen) atoms. The second-order valence-electron chi connectivity index (χ2n) is 6.29. The first-order valence-corrected chi connectivity index (χ1v) is 9.03. The number of carboxylic acids is 1. The third kappa shape index (κ3) is 4.63. The van der Waals surface area contributed by atoms with Gasteiger partial charge in [0.15, 0.2) is 0 Å². The molecule has 7 heteroatoms. The largest absolute Gasteiger partial charge is 0.493 e. The number of hydrogen-bond acceptors (Lipinski definition) is 5. The van der Waals surface area contributed by atoms with E-state index in [1.54, 1.807) is 6.08 Å². The molecule has 0 aromatic heterocycles. The number of carbonyl (C=O) groups is 3. The van der Waals surface area contributed by atoms with Crippen LogP contribution in [0.5, 0.6) is 5.75 Å². The maximum atomic E-state index is 11.5. The van der Waals surface area contributed by atoms with E-state index in [1.807, 2.05) is 24.3 Å². The second kappa shape index (κ2) is 7.74. The number of imide groups is 1. The van der Waals surface area contributed by atoms with Crippen LogP contribution in [0.3, 0.4) is 0 Å². The van der Waals surface area contributed by atoms with Crippen LogP contribution in [-0.2, 0) is 9.59 Å². The molecule has 0 unspecified atom stereocenters. The van der Waals surface area contributed by atoms with Gasteiger partial charge in [0.05, 0.1) is 17.4 Å². The van der Waals surface area contributed by atoms with E-state index >= 15 is 0 Å². The molecule has 1 aromatic carbocycles. The minimum Gasteiger partial charge on any atom is -0.493 e. The highest BCUT2D eigenvalue weighted by Gasteiger charge is 2.26. The molecule has 1 saturated heterocycles. The smallest absolute Gasteiger partial charge is 0.306 e. The first kappa shape index (κ1) is 17.5. The second-order valence-corrected chi connectivity index (χ2v) is 7.30. The standard InChI is InChI=1S/C18H19NO5S/c20-16-15(25-18(23)19-16)9-11-3-7-14(8-4-11)24-10-12-1-5-13(6-2-12)17(21)22/h3-4,7-9,12-13H,1-2,5-6,10H2,(H,21,22)(H,19,20,23). The molecule has 3 rings (SSSR count). The Kier molecular flexibility index (Phi) is 5.43. The molecule has 1 heterocycles. The minimum absolute atomic E-state index is 0.207. The fraction of sp³-hybridized carbons (Fsp3) is 0.389. The number of rotatable bonds is 5. The van der Waals surface area contributed by atoms with Crippen molar-refractivity contribution in [2.45, 2.75) is 25.7 Å². The van der Waals surface area contributed by atoms with Gasteiger partial charge in [-0.3, -0.25) is 19.7 Å². The highest BCUT2D eigenvalue weighted by Crippen LogP contribution is 2.30. The van der Waals surface area contributed by atoms with E-state index in [4.69, 9.17) is 9.84 Å². The lowest BCUT2D eigenvalue weighted by atomic mass is 9.82. The Morgan fingerprint density at radius 3 is 2.44 bits per heavy atom. The molecule has 2 N–H and O–H groups in total. The Bertz CT molecular complexity index is 705. The van der Waals surface area contributed by atoms with Crippen LogP contribution in [0.4, 0.5) is 4.79 Å². The summed E-state index contributed by atoms with van der Waals surface area (Å²) < 4.78 is 5.80. The fourth-order valence-corrected chi connectivity index (χ4v) is 3.71. The third-order valence-corrected chi connectivity index (χ3v) is 5.31. The van der Waals surface area contributed by atoms with Crippen molar-refractivity contribution < 1.29 is 24.2 Å². The van der Waals surface area contributed by atoms with Crippen LogP contribution >= 0.6 is 11.8 Å². The number of ether oxygens (including phenoxy) is 1. The fourth-order valence-electron chi connectivity index (χ4n) is 3.02. The van der Waals surface area contributed by atoms with Crippen LogP contribution in [0.25, 0.3) is 6.08 Å². The van der Waals surface area contributed by atoms with Gasteiger partial charge in [-0.15, -0.1) is 0 Å². The first-order valence-electron chi connectivity index (χ1n) is 8.22. The average molecular weight is 361 g/mol. The summed E-state index contributed by atoms with van der Waals surface area (Å²) in [5, 5.41) is 10.9. The van der Waals surface area contributed by atoms with Crippen LogP contribution in [0, 0.1) is 11.8 Å². The van der Waals surface area contributed by atoms with E-state index in [0.717, 1.165) is 35.9 Å². The molecule has 1 aliphatic heterocycles. The number of benzene rings is 1. The van der Waals surface area contributed by atoms with E-state index in [2.05, 4.69) is 5.32 Å². The minimum atomic E-state index is -0.695. The predicted octanol–water partition coefficient (Wildman–Crippen LogP) is 3.28. The molecule has 0 radical (unpaired) electrons. The molecule has 1 saturated carbocycles. The molecular formula is C18H19NO5S. The number of aliphatic carboxylic acids is 1. The van der Waals surface area contributed by atoms with E-state index in [0.29, 0.717) is 30.3 Å². The Labute approximate surface area is 149 Å². The van der Waals surface area contributed by atoms with Gasteiger partial charge in [-0.25, -0.2) is 0 Å². The Balaban J connectivity index is 1.50. The van der Waals surface area contributed by atoms with E-state index in [9.17, 15) is 14.4 Å². The summed E-state index contributed by atoms with van der Waals surface area (Å²) >= 11 is 0.892. The highest BCUT2D eigenvalue weighted by atomic mass is 32.2. The number of amides is 2. The Morgan fingerprint density at radius 2 is 1.88 bits per heavy atom. The van der Waals surface area contributed by atoms with Crippen LogP contribution in [-0.4, -0.2) is 28.8 Å². The Morgan fingerprint density at radius 1 is 1.20 bits per heavy atom. The van der Waals surface area contributed by atoms with Crippen molar-refractivity contribution in [1.29, 1.82) is 0 Å². The van der Waals surface area contributed by atoms with Gasteiger partial charge in [0.25, 0.3) is 11.1 Å². The zero-order chi connectivity index (χ0) is 17.8. The van der Waals surface area contributed by atoms with Gasteiger partial charge in [0, 0.05) is 0 Å². The molecule has 0 atom stereocenters. The number of carboxylic acid groups (broad SMARTS) is 1. The average Bonchev–Trinajstić information content (AvgIpc) is 2.92. The Hall–Kier alpha value is -2.28.